The quantitative estimate of drug-likeness (QED) is 0.494. The molecule has 0 aliphatic carbocycles. The Morgan fingerprint density at radius 3 is 2.32 bits per heavy atom. The van der Waals surface area contributed by atoms with E-state index in [2.05, 4.69) is 11.1 Å². The van der Waals surface area contributed by atoms with E-state index in [0.29, 0.717) is 17.9 Å². The number of benzene rings is 1. The monoisotopic (exact) mass is 286 g/mol. The van der Waals surface area contributed by atoms with Crippen LogP contribution in [-0.2, 0) is 9.53 Å². The Morgan fingerprint density at radius 2 is 1.89 bits per heavy atom. The third kappa shape index (κ3) is 10.2. The molecule has 6 heteroatoms. The van der Waals surface area contributed by atoms with E-state index in [4.69, 9.17) is 14.5 Å². The summed E-state index contributed by atoms with van der Waals surface area (Å²) in [5, 5.41) is 0. The minimum absolute atomic E-state index is 0.295. The summed E-state index contributed by atoms with van der Waals surface area (Å²) < 4.78 is 9.30. The van der Waals surface area contributed by atoms with E-state index in [0.717, 1.165) is 6.42 Å². The number of hydrogen-bond donors (Lipinski definition) is 2. The van der Waals surface area contributed by atoms with E-state index in [1.807, 2.05) is 13.0 Å². The Kier molecular flexibility index (Phi) is 9.71. The highest BCUT2D eigenvalue weighted by Gasteiger charge is 2.00. The van der Waals surface area contributed by atoms with E-state index in [1.54, 1.807) is 31.2 Å². The fourth-order valence-corrected chi connectivity index (χ4v) is 1.20. The second kappa shape index (κ2) is 10.5. The van der Waals surface area contributed by atoms with Gasteiger partial charge in [0.25, 0.3) is 0 Å². The molecule has 0 heterocycles. The van der Waals surface area contributed by atoms with Crippen LogP contribution in [0, 0.1) is 0 Å². The van der Waals surface area contributed by atoms with Gasteiger partial charge in [0, 0.05) is 5.57 Å². The zero-order valence-corrected chi connectivity index (χ0v) is 12.0. The van der Waals surface area contributed by atoms with Gasteiger partial charge in [-0.1, -0.05) is 31.7 Å². The number of hydrogen-bond acceptors (Lipinski definition) is 5. The van der Waals surface area contributed by atoms with Gasteiger partial charge in [0.2, 0.25) is 0 Å². The topological polar surface area (TPSA) is 76.0 Å². The molecule has 0 aliphatic rings. The van der Waals surface area contributed by atoms with Crippen molar-refractivity contribution in [3.8, 4) is 5.75 Å². The largest absolute Gasteiger partial charge is 0.462 e. The molecule has 0 aromatic heterocycles. The van der Waals surface area contributed by atoms with Gasteiger partial charge in [0.05, 0.1) is 6.61 Å². The molecule has 0 bridgehead atoms. The summed E-state index contributed by atoms with van der Waals surface area (Å²) >= 11 is 0. The molecule has 0 spiro atoms. The fourth-order valence-electron chi connectivity index (χ4n) is 0.894. The predicted molar refractivity (Wildman–Crippen MR) is 74.5 cm³/mol. The highest BCUT2D eigenvalue weighted by atomic mass is 31.2. The molecule has 0 saturated heterocycles. The van der Waals surface area contributed by atoms with Crippen LogP contribution in [0.1, 0.15) is 20.3 Å². The van der Waals surface area contributed by atoms with Crippen LogP contribution in [0.3, 0.4) is 0 Å². The van der Waals surface area contributed by atoms with Gasteiger partial charge >= 0.3 is 14.6 Å². The number of carbonyl (C=O) groups excluding carboxylic acids is 1. The molecule has 0 fully saturated rings. The van der Waals surface area contributed by atoms with E-state index in [-0.39, 0.29) is 5.97 Å². The molecule has 0 aliphatic heterocycles. The highest BCUT2D eigenvalue weighted by molar-refractivity contribution is 7.39. The van der Waals surface area contributed by atoms with Gasteiger partial charge in [-0.3, -0.25) is 0 Å². The van der Waals surface area contributed by atoms with Gasteiger partial charge < -0.3 is 19.0 Å². The first kappa shape index (κ1) is 17.6. The first-order chi connectivity index (χ1) is 8.97. The van der Waals surface area contributed by atoms with E-state index >= 15 is 0 Å². The summed E-state index contributed by atoms with van der Waals surface area (Å²) in [6.07, 6.45) is 0.860. The summed E-state index contributed by atoms with van der Waals surface area (Å²) in [5.74, 6) is 0.176. The molecule has 0 atom stereocenters. The van der Waals surface area contributed by atoms with Gasteiger partial charge in [-0.05, 0) is 25.5 Å². The SMILES string of the molecule is C=C(C)C(=O)OCCC.OP(O)Oc1ccccc1. The zero-order valence-electron chi connectivity index (χ0n) is 11.1. The van der Waals surface area contributed by atoms with Gasteiger partial charge in [-0.2, -0.15) is 0 Å². The average Bonchev–Trinajstić information content (AvgIpc) is 2.37. The van der Waals surface area contributed by atoms with Crippen LogP contribution in [0.4, 0.5) is 0 Å². The molecule has 0 unspecified atom stereocenters. The molecule has 0 saturated carbocycles. The molecule has 5 nitrogen and oxygen atoms in total. The lowest BCUT2D eigenvalue weighted by Crippen LogP contribution is -2.04. The van der Waals surface area contributed by atoms with E-state index in [1.165, 1.54) is 0 Å². The number of carbonyl (C=O) groups is 1. The Bertz CT molecular complexity index is 378. The van der Waals surface area contributed by atoms with Crippen LogP contribution in [0.15, 0.2) is 42.5 Å². The average molecular weight is 286 g/mol. The number of rotatable bonds is 5. The lowest BCUT2D eigenvalue weighted by Gasteiger charge is -2.02. The van der Waals surface area contributed by atoms with Crippen LogP contribution >= 0.6 is 8.60 Å². The number of esters is 1. The van der Waals surface area contributed by atoms with Crippen LogP contribution < -0.4 is 4.52 Å². The third-order valence-corrected chi connectivity index (χ3v) is 2.09. The minimum Gasteiger partial charge on any atom is -0.462 e. The van der Waals surface area contributed by atoms with Crippen molar-refractivity contribution in [1.29, 1.82) is 0 Å². The van der Waals surface area contributed by atoms with E-state index < -0.39 is 8.60 Å². The van der Waals surface area contributed by atoms with Crippen molar-refractivity contribution in [3.05, 3.63) is 42.5 Å². The fraction of sp³-hybridized carbons (Fsp3) is 0.308. The maximum atomic E-state index is 10.6. The maximum absolute atomic E-state index is 10.6. The number of para-hydroxylation sites is 1. The molecule has 2 N–H and O–H groups in total. The minimum atomic E-state index is -2.28. The van der Waals surface area contributed by atoms with Crippen LogP contribution in [0.5, 0.6) is 5.75 Å². The van der Waals surface area contributed by atoms with Crippen LogP contribution in [0.25, 0.3) is 0 Å². The molecule has 1 aromatic rings. The maximum Gasteiger partial charge on any atom is 0.391 e. The number of ether oxygens (including phenoxy) is 1. The molecular weight excluding hydrogens is 267 g/mol. The second-order valence-electron chi connectivity index (χ2n) is 3.57. The van der Waals surface area contributed by atoms with Crippen LogP contribution in [-0.4, -0.2) is 22.4 Å². The van der Waals surface area contributed by atoms with Crippen molar-refractivity contribution in [3.63, 3.8) is 0 Å². The lowest BCUT2D eigenvalue weighted by atomic mass is 10.3. The van der Waals surface area contributed by atoms with Crippen molar-refractivity contribution in [2.45, 2.75) is 20.3 Å². The second-order valence-corrected chi connectivity index (χ2v) is 4.26. The Hall–Kier alpha value is -1.42. The summed E-state index contributed by atoms with van der Waals surface area (Å²) in [7, 11) is -2.28. The standard InChI is InChI=1S/C7H12O2.C6H7O3P/c1-4-5-9-7(8)6(2)3;7-10(8)9-6-4-2-1-3-5-6/h2,4-5H2,1,3H3;1-5,7-8H. The lowest BCUT2D eigenvalue weighted by molar-refractivity contribution is -0.138. The molecule has 19 heavy (non-hydrogen) atoms. The molecule has 1 rings (SSSR count). The highest BCUT2D eigenvalue weighted by Crippen LogP contribution is 2.27. The summed E-state index contributed by atoms with van der Waals surface area (Å²) in [5.41, 5.74) is 0.462. The summed E-state index contributed by atoms with van der Waals surface area (Å²) in [4.78, 5) is 27.4. The van der Waals surface area contributed by atoms with Crippen molar-refractivity contribution in [2.24, 2.45) is 0 Å². The van der Waals surface area contributed by atoms with Gasteiger partial charge in [-0.15, -0.1) is 0 Å². The van der Waals surface area contributed by atoms with Gasteiger partial charge in [0.15, 0.2) is 0 Å². The Labute approximate surface area is 114 Å². The predicted octanol–water partition coefficient (Wildman–Crippen LogP) is 2.79. The first-order valence-corrected chi connectivity index (χ1v) is 6.87. The van der Waals surface area contributed by atoms with Crippen molar-refractivity contribution in [1.82, 2.24) is 0 Å². The van der Waals surface area contributed by atoms with Crippen molar-refractivity contribution >= 4 is 14.6 Å². The molecule has 106 valence electrons. The Balaban J connectivity index is 0.000000344. The van der Waals surface area contributed by atoms with E-state index in [9.17, 15) is 4.79 Å². The first-order valence-electron chi connectivity index (χ1n) is 5.70. The van der Waals surface area contributed by atoms with Crippen molar-refractivity contribution in [2.75, 3.05) is 6.61 Å². The van der Waals surface area contributed by atoms with Gasteiger partial charge in [-0.25, -0.2) is 4.79 Å². The van der Waals surface area contributed by atoms with Crippen LogP contribution in [0.2, 0.25) is 0 Å². The zero-order chi connectivity index (χ0) is 14.7. The third-order valence-electron chi connectivity index (χ3n) is 1.72. The summed E-state index contributed by atoms with van der Waals surface area (Å²) in [6, 6.07) is 8.65. The molecular formula is C13H19O5P. The molecule has 1 aromatic carbocycles. The molecule has 0 radical (unpaired) electrons. The Morgan fingerprint density at radius 1 is 1.32 bits per heavy atom. The van der Waals surface area contributed by atoms with Crippen molar-refractivity contribution < 1.29 is 23.8 Å². The smallest absolute Gasteiger partial charge is 0.391 e. The summed E-state index contributed by atoms with van der Waals surface area (Å²) in [6.45, 7) is 7.51. The van der Waals surface area contributed by atoms with Gasteiger partial charge in [0.1, 0.15) is 5.75 Å². The normalized spacial score (nSPS) is 9.32. The molecule has 0 amide bonds.